The van der Waals surface area contributed by atoms with Gasteiger partial charge in [-0.05, 0) is 37.6 Å². The van der Waals surface area contributed by atoms with Crippen molar-refractivity contribution in [2.45, 2.75) is 30.3 Å². The molecule has 1 N–H and O–H groups in total. The van der Waals surface area contributed by atoms with Crippen molar-refractivity contribution in [1.29, 1.82) is 0 Å². The standard InChI is InChI=1S/C11H12FNO4S/c1-7-6-10(11(14)15)13(7)18(16,17)9-4-2-8(12)3-5-9/h2-5,7,10H,6H2,1H3,(H,14,15)/t7-,10+/m0/s1. The Kier molecular flexibility index (Phi) is 3.12. The molecule has 0 bridgehead atoms. The number of hydrogen-bond acceptors (Lipinski definition) is 3. The van der Waals surface area contributed by atoms with Crippen LogP contribution in [0.4, 0.5) is 4.39 Å². The summed E-state index contributed by atoms with van der Waals surface area (Å²) in [5.74, 6) is -1.71. The SMILES string of the molecule is C[C@H]1C[C@H](C(=O)O)N1S(=O)(=O)c1ccc(F)cc1. The molecule has 0 amide bonds. The van der Waals surface area contributed by atoms with Crippen LogP contribution in [0.25, 0.3) is 0 Å². The Bertz CT molecular complexity index is 569. The molecule has 0 unspecified atom stereocenters. The Balaban J connectivity index is 2.36. The van der Waals surface area contributed by atoms with Gasteiger partial charge in [-0.1, -0.05) is 0 Å². The molecule has 1 aromatic carbocycles. The van der Waals surface area contributed by atoms with Crippen molar-refractivity contribution in [2.24, 2.45) is 0 Å². The van der Waals surface area contributed by atoms with Crippen molar-refractivity contribution < 1.29 is 22.7 Å². The minimum absolute atomic E-state index is 0.0956. The summed E-state index contributed by atoms with van der Waals surface area (Å²) in [6.45, 7) is 1.64. The van der Waals surface area contributed by atoms with Crippen LogP contribution in [-0.4, -0.2) is 35.9 Å². The van der Waals surface area contributed by atoms with Gasteiger partial charge in [0, 0.05) is 6.04 Å². The Morgan fingerprint density at radius 3 is 2.39 bits per heavy atom. The zero-order chi connectivity index (χ0) is 13.5. The first-order valence-corrected chi connectivity index (χ1v) is 6.80. The average molecular weight is 273 g/mol. The quantitative estimate of drug-likeness (QED) is 0.893. The van der Waals surface area contributed by atoms with Crippen LogP contribution < -0.4 is 0 Å². The molecule has 1 aromatic rings. The van der Waals surface area contributed by atoms with Crippen LogP contribution in [0.1, 0.15) is 13.3 Å². The number of carboxylic acid groups (broad SMARTS) is 1. The first-order chi connectivity index (χ1) is 8.34. The summed E-state index contributed by atoms with van der Waals surface area (Å²) in [4.78, 5) is 10.8. The Hall–Kier alpha value is -1.47. The highest BCUT2D eigenvalue weighted by Crippen LogP contribution is 2.32. The van der Waals surface area contributed by atoms with Crippen molar-refractivity contribution in [2.75, 3.05) is 0 Å². The Morgan fingerprint density at radius 2 is 1.94 bits per heavy atom. The van der Waals surface area contributed by atoms with Gasteiger partial charge in [-0.25, -0.2) is 12.8 Å². The monoisotopic (exact) mass is 273 g/mol. The van der Waals surface area contributed by atoms with Crippen molar-refractivity contribution in [1.82, 2.24) is 4.31 Å². The third-order valence-corrected chi connectivity index (χ3v) is 5.02. The maximum atomic E-state index is 12.8. The van der Waals surface area contributed by atoms with E-state index in [0.717, 1.165) is 28.6 Å². The summed E-state index contributed by atoms with van der Waals surface area (Å²) in [5.41, 5.74) is 0. The third kappa shape index (κ3) is 1.99. The van der Waals surface area contributed by atoms with Crippen LogP contribution >= 0.6 is 0 Å². The molecule has 0 aliphatic carbocycles. The Morgan fingerprint density at radius 1 is 1.39 bits per heavy atom. The number of benzene rings is 1. The maximum absolute atomic E-state index is 12.8. The van der Waals surface area contributed by atoms with E-state index < -0.39 is 27.9 Å². The van der Waals surface area contributed by atoms with Crippen LogP contribution in [0.2, 0.25) is 0 Å². The van der Waals surface area contributed by atoms with Crippen molar-refractivity contribution in [3.63, 3.8) is 0 Å². The van der Waals surface area contributed by atoms with E-state index >= 15 is 0 Å². The van der Waals surface area contributed by atoms with E-state index in [1.165, 1.54) is 0 Å². The number of halogens is 1. The highest BCUT2D eigenvalue weighted by Gasteiger charge is 2.48. The zero-order valence-electron chi connectivity index (χ0n) is 9.58. The number of aliphatic carboxylic acids is 1. The Labute approximate surface area is 104 Å². The molecule has 1 aliphatic heterocycles. The number of nitrogens with zero attached hydrogens (tertiary/aromatic N) is 1. The molecule has 0 radical (unpaired) electrons. The molecule has 1 fully saturated rings. The van der Waals surface area contributed by atoms with E-state index in [9.17, 15) is 17.6 Å². The molecule has 2 rings (SSSR count). The lowest BCUT2D eigenvalue weighted by atomic mass is 9.99. The van der Waals surface area contributed by atoms with Gasteiger partial charge < -0.3 is 5.11 Å². The van der Waals surface area contributed by atoms with Crippen molar-refractivity contribution >= 4 is 16.0 Å². The van der Waals surface area contributed by atoms with Gasteiger partial charge in [0.05, 0.1) is 4.90 Å². The van der Waals surface area contributed by atoms with E-state index in [-0.39, 0.29) is 17.4 Å². The molecule has 0 saturated carbocycles. The number of carbonyl (C=O) groups is 1. The minimum Gasteiger partial charge on any atom is -0.480 e. The van der Waals surface area contributed by atoms with Gasteiger partial charge in [0.25, 0.3) is 0 Å². The molecule has 1 aliphatic rings. The summed E-state index contributed by atoms with van der Waals surface area (Å²) in [6.07, 6.45) is 0.287. The lowest BCUT2D eigenvalue weighted by molar-refractivity contribution is -0.146. The van der Waals surface area contributed by atoms with E-state index in [1.807, 2.05) is 0 Å². The molecule has 98 valence electrons. The highest BCUT2D eigenvalue weighted by atomic mass is 32.2. The van der Waals surface area contributed by atoms with Gasteiger partial charge in [0.15, 0.2) is 0 Å². The summed E-state index contributed by atoms with van der Waals surface area (Å²) in [5, 5.41) is 8.91. The zero-order valence-corrected chi connectivity index (χ0v) is 10.4. The molecule has 1 heterocycles. The van der Waals surface area contributed by atoms with Crippen molar-refractivity contribution in [3.8, 4) is 0 Å². The second kappa shape index (κ2) is 4.33. The summed E-state index contributed by atoms with van der Waals surface area (Å²) in [7, 11) is -3.88. The predicted octanol–water partition coefficient (Wildman–Crippen LogP) is 1.06. The lowest BCUT2D eigenvalue weighted by Gasteiger charge is -2.42. The summed E-state index contributed by atoms with van der Waals surface area (Å²) < 4.78 is 38.1. The largest absolute Gasteiger partial charge is 0.480 e. The van der Waals surface area contributed by atoms with Crippen LogP contribution in [0, 0.1) is 5.82 Å². The molecular formula is C11H12FNO4S. The van der Waals surface area contributed by atoms with E-state index in [0.29, 0.717) is 0 Å². The smallest absolute Gasteiger partial charge is 0.322 e. The molecule has 2 atom stereocenters. The van der Waals surface area contributed by atoms with Gasteiger partial charge in [-0.2, -0.15) is 4.31 Å². The first kappa shape index (κ1) is 13.0. The fourth-order valence-electron chi connectivity index (χ4n) is 2.04. The predicted molar refractivity (Wildman–Crippen MR) is 60.9 cm³/mol. The number of carboxylic acids is 1. The van der Waals surface area contributed by atoms with Crippen LogP contribution in [0.15, 0.2) is 29.2 Å². The molecule has 7 heteroatoms. The topological polar surface area (TPSA) is 74.7 Å². The first-order valence-electron chi connectivity index (χ1n) is 5.36. The third-order valence-electron chi connectivity index (χ3n) is 2.98. The summed E-state index contributed by atoms with van der Waals surface area (Å²) >= 11 is 0. The average Bonchev–Trinajstić information content (AvgIpc) is 2.25. The van der Waals surface area contributed by atoms with Crippen LogP contribution in [0.5, 0.6) is 0 Å². The molecule has 1 saturated heterocycles. The molecular weight excluding hydrogens is 261 g/mol. The van der Waals surface area contributed by atoms with E-state index in [1.54, 1.807) is 6.92 Å². The fraction of sp³-hybridized carbons (Fsp3) is 0.364. The minimum atomic E-state index is -3.88. The number of rotatable bonds is 3. The second-order valence-electron chi connectivity index (χ2n) is 4.23. The van der Waals surface area contributed by atoms with Gasteiger partial charge in [0.2, 0.25) is 10.0 Å². The maximum Gasteiger partial charge on any atom is 0.322 e. The van der Waals surface area contributed by atoms with Gasteiger partial charge in [-0.15, -0.1) is 0 Å². The summed E-state index contributed by atoms with van der Waals surface area (Å²) in [6, 6.07) is 2.94. The van der Waals surface area contributed by atoms with Gasteiger partial charge >= 0.3 is 5.97 Å². The van der Waals surface area contributed by atoms with E-state index in [4.69, 9.17) is 5.11 Å². The lowest BCUT2D eigenvalue weighted by Crippen LogP contribution is -2.60. The number of hydrogen-bond donors (Lipinski definition) is 1. The number of sulfonamides is 1. The second-order valence-corrected chi connectivity index (χ2v) is 6.07. The van der Waals surface area contributed by atoms with Gasteiger partial charge in [-0.3, -0.25) is 4.79 Å². The molecule has 5 nitrogen and oxygen atoms in total. The highest BCUT2D eigenvalue weighted by molar-refractivity contribution is 7.89. The molecule has 0 spiro atoms. The van der Waals surface area contributed by atoms with E-state index in [2.05, 4.69) is 0 Å². The van der Waals surface area contributed by atoms with Crippen LogP contribution in [-0.2, 0) is 14.8 Å². The normalized spacial score (nSPS) is 24.6. The molecule has 18 heavy (non-hydrogen) atoms. The van der Waals surface area contributed by atoms with Crippen molar-refractivity contribution in [3.05, 3.63) is 30.1 Å². The van der Waals surface area contributed by atoms with Gasteiger partial charge in [0.1, 0.15) is 11.9 Å². The van der Waals surface area contributed by atoms with Crippen LogP contribution in [0.3, 0.4) is 0 Å². The fourth-order valence-corrected chi connectivity index (χ4v) is 3.84. The molecule has 0 aromatic heterocycles.